The van der Waals surface area contributed by atoms with Gasteiger partial charge >= 0.3 is 19.8 Å². The molecule has 11 heteroatoms. The summed E-state index contributed by atoms with van der Waals surface area (Å²) in [5.41, 5.74) is 5.39. The van der Waals surface area contributed by atoms with Gasteiger partial charge < -0.3 is 25.2 Å². The SMILES string of the molecule is CCCCCCCCCCCCCCCCCCCCCCCCCCOCC(COP(=O)(O)OCC(N)C(=O)O)OC(=O)CCCCCCCCCCCCCCCCCCCCCCC. The van der Waals surface area contributed by atoms with Crippen LogP contribution in [-0.4, -0.2) is 60.5 Å². The molecule has 0 spiro atoms. The van der Waals surface area contributed by atoms with Crippen molar-refractivity contribution in [2.45, 2.75) is 321 Å². The fourth-order valence-electron chi connectivity index (χ4n) is 8.90. The van der Waals surface area contributed by atoms with Gasteiger partial charge in [0.1, 0.15) is 12.1 Å². The first-order chi connectivity index (χ1) is 32.7. The van der Waals surface area contributed by atoms with Crippen molar-refractivity contribution in [3.05, 3.63) is 0 Å². The molecule has 67 heavy (non-hydrogen) atoms. The molecule has 0 aliphatic carbocycles. The summed E-state index contributed by atoms with van der Waals surface area (Å²) in [4.78, 5) is 33.8. The maximum atomic E-state index is 12.7. The van der Waals surface area contributed by atoms with Crippen molar-refractivity contribution in [3.8, 4) is 0 Å². The van der Waals surface area contributed by atoms with E-state index in [2.05, 4.69) is 13.8 Å². The van der Waals surface area contributed by atoms with Crippen molar-refractivity contribution in [2.75, 3.05) is 26.4 Å². The van der Waals surface area contributed by atoms with E-state index in [1.54, 1.807) is 0 Å². The highest BCUT2D eigenvalue weighted by molar-refractivity contribution is 7.47. The third kappa shape index (κ3) is 52.6. The molecular formula is C56H112NO9P. The normalized spacial score (nSPS) is 13.5. The lowest BCUT2D eigenvalue weighted by molar-refractivity contribution is -0.154. The van der Waals surface area contributed by atoms with Gasteiger partial charge in [0.15, 0.2) is 0 Å². The predicted molar refractivity (Wildman–Crippen MR) is 282 cm³/mol. The Balaban J connectivity index is 4.00. The topological polar surface area (TPSA) is 155 Å². The van der Waals surface area contributed by atoms with E-state index < -0.39 is 45.1 Å². The fourth-order valence-corrected chi connectivity index (χ4v) is 9.68. The lowest BCUT2D eigenvalue weighted by atomic mass is 10.0. The standard InChI is InChI=1S/C56H112NO9P/c1-3-5-7-9-11-13-15-17-19-21-23-25-26-27-29-31-33-35-37-39-41-43-45-47-49-63-50-53(51-64-67(61,62)65-52-54(57)56(59)60)66-55(58)48-46-44-42-40-38-36-34-32-30-28-24-22-20-18-16-14-12-10-8-6-4-2/h53-54H,3-52,57H2,1-2H3,(H,59,60)(H,61,62). The van der Waals surface area contributed by atoms with Crippen molar-refractivity contribution < 1.29 is 42.7 Å². The van der Waals surface area contributed by atoms with E-state index in [0.29, 0.717) is 6.61 Å². The van der Waals surface area contributed by atoms with Crippen molar-refractivity contribution >= 4 is 19.8 Å². The van der Waals surface area contributed by atoms with Gasteiger partial charge in [0.25, 0.3) is 0 Å². The molecule has 0 aliphatic rings. The van der Waals surface area contributed by atoms with Crippen molar-refractivity contribution in [3.63, 3.8) is 0 Å². The lowest BCUT2D eigenvalue weighted by Gasteiger charge is -2.20. The first-order valence-electron chi connectivity index (χ1n) is 29.1. The maximum absolute atomic E-state index is 12.7. The van der Waals surface area contributed by atoms with Gasteiger partial charge in [0.05, 0.1) is 19.8 Å². The van der Waals surface area contributed by atoms with Gasteiger partial charge in [-0.3, -0.25) is 18.6 Å². The van der Waals surface area contributed by atoms with Crippen LogP contribution in [0.5, 0.6) is 0 Å². The molecule has 3 unspecified atom stereocenters. The zero-order valence-corrected chi connectivity index (χ0v) is 45.2. The van der Waals surface area contributed by atoms with Gasteiger partial charge in [-0.1, -0.05) is 290 Å². The number of nitrogens with two attached hydrogens (primary N) is 1. The first kappa shape index (κ1) is 66.0. The first-order valence-corrected chi connectivity index (χ1v) is 30.6. The molecule has 0 aliphatic heterocycles. The number of carboxylic acid groups (broad SMARTS) is 1. The van der Waals surface area contributed by atoms with Gasteiger partial charge in [-0.2, -0.15) is 0 Å². The molecule has 0 rings (SSSR count). The number of unbranched alkanes of at least 4 members (excludes halogenated alkanes) is 43. The Kier molecular flexibility index (Phi) is 52.0. The molecule has 4 N–H and O–H groups in total. The number of carbonyl (C=O) groups is 2. The third-order valence-electron chi connectivity index (χ3n) is 13.4. The van der Waals surface area contributed by atoms with E-state index >= 15 is 0 Å². The molecule has 0 amide bonds. The van der Waals surface area contributed by atoms with Crippen LogP contribution >= 0.6 is 7.82 Å². The number of carbonyl (C=O) groups excluding carboxylic acids is 1. The molecule has 0 aromatic rings. The number of carboxylic acids is 1. The van der Waals surface area contributed by atoms with Crippen LogP contribution in [0.3, 0.4) is 0 Å². The van der Waals surface area contributed by atoms with Gasteiger partial charge in [-0.25, -0.2) is 4.57 Å². The molecule has 0 heterocycles. The molecule has 0 saturated carbocycles. The third-order valence-corrected chi connectivity index (χ3v) is 14.3. The molecule has 400 valence electrons. The molecule has 0 fully saturated rings. The van der Waals surface area contributed by atoms with Crippen LogP contribution in [-0.2, 0) is 32.7 Å². The van der Waals surface area contributed by atoms with Crippen LogP contribution < -0.4 is 5.73 Å². The zero-order valence-electron chi connectivity index (χ0n) is 44.3. The van der Waals surface area contributed by atoms with Crippen LogP contribution in [0, 0.1) is 0 Å². The Labute approximate surface area is 414 Å². The quantitative estimate of drug-likeness (QED) is 0.0305. The van der Waals surface area contributed by atoms with Crippen molar-refractivity contribution in [2.24, 2.45) is 5.73 Å². The van der Waals surface area contributed by atoms with Gasteiger partial charge in [-0.05, 0) is 12.8 Å². The fraction of sp³-hybridized carbons (Fsp3) is 0.964. The van der Waals surface area contributed by atoms with Gasteiger partial charge in [0.2, 0.25) is 0 Å². The number of hydrogen-bond donors (Lipinski definition) is 3. The van der Waals surface area contributed by atoms with Crippen LogP contribution in [0.25, 0.3) is 0 Å². The van der Waals surface area contributed by atoms with E-state index in [1.165, 1.54) is 250 Å². The number of aliphatic carboxylic acids is 1. The Morgan fingerprint density at radius 1 is 0.418 bits per heavy atom. The highest BCUT2D eigenvalue weighted by Gasteiger charge is 2.27. The molecule has 0 aromatic heterocycles. The Morgan fingerprint density at radius 2 is 0.687 bits per heavy atom. The summed E-state index contributed by atoms with van der Waals surface area (Å²) >= 11 is 0. The Hall–Kier alpha value is -1.03. The van der Waals surface area contributed by atoms with Crippen LogP contribution in [0.1, 0.15) is 309 Å². The van der Waals surface area contributed by atoms with Crippen molar-refractivity contribution in [1.82, 2.24) is 0 Å². The summed E-state index contributed by atoms with van der Waals surface area (Å²) in [5.74, 6) is -1.76. The zero-order chi connectivity index (χ0) is 49.0. The summed E-state index contributed by atoms with van der Waals surface area (Å²) in [6, 6.07) is -1.47. The second-order valence-corrected chi connectivity index (χ2v) is 21.6. The Bertz CT molecular complexity index is 1080. The average molecular weight is 974 g/mol. The molecule has 0 aromatic carbocycles. The van der Waals surface area contributed by atoms with Crippen LogP contribution in [0.2, 0.25) is 0 Å². The van der Waals surface area contributed by atoms with Crippen LogP contribution in [0.4, 0.5) is 0 Å². The minimum atomic E-state index is -4.62. The summed E-state index contributed by atoms with van der Waals surface area (Å²) in [6.45, 7) is 3.98. The highest BCUT2D eigenvalue weighted by Crippen LogP contribution is 2.43. The maximum Gasteiger partial charge on any atom is 0.472 e. The summed E-state index contributed by atoms with van der Waals surface area (Å²) in [6.07, 6.45) is 58.9. The monoisotopic (exact) mass is 974 g/mol. The second-order valence-electron chi connectivity index (χ2n) is 20.1. The summed E-state index contributed by atoms with van der Waals surface area (Å²) < 4.78 is 33.6. The molecule has 0 saturated heterocycles. The van der Waals surface area contributed by atoms with E-state index in [9.17, 15) is 19.0 Å². The van der Waals surface area contributed by atoms with Gasteiger partial charge in [-0.15, -0.1) is 0 Å². The highest BCUT2D eigenvalue weighted by atomic mass is 31.2. The van der Waals surface area contributed by atoms with Gasteiger partial charge in [0, 0.05) is 13.0 Å². The summed E-state index contributed by atoms with van der Waals surface area (Å²) in [7, 11) is -4.62. The molecular weight excluding hydrogens is 862 g/mol. The summed E-state index contributed by atoms with van der Waals surface area (Å²) in [5, 5.41) is 8.95. The van der Waals surface area contributed by atoms with Crippen LogP contribution in [0.15, 0.2) is 0 Å². The van der Waals surface area contributed by atoms with E-state index in [0.717, 1.165) is 38.5 Å². The predicted octanol–water partition coefficient (Wildman–Crippen LogP) is 17.4. The second kappa shape index (κ2) is 52.8. The number of rotatable bonds is 57. The van der Waals surface area contributed by atoms with Crippen molar-refractivity contribution in [1.29, 1.82) is 0 Å². The molecule has 10 nitrogen and oxygen atoms in total. The number of phosphoric ester groups is 1. The lowest BCUT2D eigenvalue weighted by Crippen LogP contribution is -2.34. The average Bonchev–Trinajstić information content (AvgIpc) is 3.31. The smallest absolute Gasteiger partial charge is 0.472 e. The number of ether oxygens (including phenoxy) is 2. The molecule has 0 bridgehead atoms. The number of esters is 1. The number of phosphoric acid groups is 1. The van der Waals surface area contributed by atoms with E-state index in [-0.39, 0.29) is 13.0 Å². The minimum absolute atomic E-state index is 0.0268. The molecule has 3 atom stereocenters. The van der Waals surface area contributed by atoms with E-state index in [4.69, 9.17) is 29.4 Å². The number of hydrogen-bond acceptors (Lipinski definition) is 8. The molecule has 0 radical (unpaired) electrons. The minimum Gasteiger partial charge on any atom is -0.480 e. The van der Waals surface area contributed by atoms with E-state index in [1.807, 2.05) is 0 Å². The largest absolute Gasteiger partial charge is 0.480 e. The Morgan fingerprint density at radius 3 is 0.985 bits per heavy atom.